The Morgan fingerprint density at radius 1 is 1.11 bits per heavy atom. The van der Waals surface area contributed by atoms with Gasteiger partial charge in [0, 0.05) is 29.8 Å². The summed E-state index contributed by atoms with van der Waals surface area (Å²) in [6.07, 6.45) is 11.4. The number of rotatable bonds is 6. The number of carbonyl (C=O) groups excluding carboxylic acids is 1. The Labute approximate surface area is 159 Å². The Bertz CT molecular complexity index is 934. The molecule has 0 fully saturated rings. The number of nitrogens with two attached hydrogens (primary N) is 1. The Balaban J connectivity index is 1.81. The number of nitrogens with one attached hydrogen (secondary N) is 1. The summed E-state index contributed by atoms with van der Waals surface area (Å²) in [7, 11) is 0. The van der Waals surface area contributed by atoms with Gasteiger partial charge in [0.15, 0.2) is 0 Å². The molecule has 0 aliphatic carbocycles. The number of anilines is 2. The molecule has 0 unspecified atom stereocenters. The first-order valence-corrected chi connectivity index (χ1v) is 8.91. The van der Waals surface area contributed by atoms with Gasteiger partial charge < -0.3 is 11.1 Å². The van der Waals surface area contributed by atoms with Crippen molar-refractivity contribution in [2.75, 3.05) is 11.1 Å². The number of nitrogens with zero attached hydrogens (tertiary/aromatic N) is 2. The fourth-order valence-corrected chi connectivity index (χ4v) is 2.62. The van der Waals surface area contributed by atoms with Gasteiger partial charge in [-0.1, -0.05) is 49.8 Å². The average molecular weight is 358 g/mol. The molecule has 0 saturated heterocycles. The third kappa shape index (κ3) is 4.79. The number of carbonyl (C=O) groups is 1. The van der Waals surface area contributed by atoms with Crippen molar-refractivity contribution in [2.24, 2.45) is 0 Å². The molecule has 2 heterocycles. The molecule has 0 bridgehead atoms. The van der Waals surface area contributed by atoms with Gasteiger partial charge in [-0.05, 0) is 35.7 Å². The number of hydrogen-bond donors (Lipinski definition) is 2. The van der Waals surface area contributed by atoms with Crippen LogP contribution >= 0.6 is 0 Å². The number of amides is 1. The quantitative estimate of drug-likeness (QED) is 0.664. The Hall–Kier alpha value is -3.47. The molecule has 3 aromatic rings. The number of pyridine rings is 2. The molecule has 1 amide bonds. The van der Waals surface area contributed by atoms with Crippen LogP contribution in [-0.4, -0.2) is 15.9 Å². The largest absolute Gasteiger partial charge is 0.383 e. The molecular weight excluding hydrogens is 336 g/mol. The number of aromatic nitrogens is 2. The van der Waals surface area contributed by atoms with E-state index in [0.717, 1.165) is 29.5 Å². The summed E-state index contributed by atoms with van der Waals surface area (Å²) in [6.45, 7) is 2.16. The van der Waals surface area contributed by atoms with Crippen LogP contribution in [0.1, 0.15) is 35.7 Å². The first kappa shape index (κ1) is 18.3. The molecule has 5 heteroatoms. The van der Waals surface area contributed by atoms with E-state index >= 15 is 0 Å². The zero-order valence-corrected chi connectivity index (χ0v) is 15.2. The van der Waals surface area contributed by atoms with Crippen LogP contribution in [-0.2, 0) is 0 Å². The molecule has 1 aromatic carbocycles. The van der Waals surface area contributed by atoms with Crippen molar-refractivity contribution in [1.82, 2.24) is 9.97 Å². The van der Waals surface area contributed by atoms with E-state index in [-0.39, 0.29) is 11.7 Å². The highest BCUT2D eigenvalue weighted by Crippen LogP contribution is 2.23. The predicted octanol–water partition coefficient (Wildman–Crippen LogP) is 4.79. The van der Waals surface area contributed by atoms with Crippen LogP contribution in [0.25, 0.3) is 17.2 Å². The van der Waals surface area contributed by atoms with Gasteiger partial charge in [-0.15, -0.1) is 0 Å². The third-order valence-corrected chi connectivity index (χ3v) is 4.11. The highest BCUT2D eigenvalue weighted by Gasteiger charge is 2.13. The van der Waals surface area contributed by atoms with Crippen LogP contribution in [0.4, 0.5) is 11.5 Å². The minimum atomic E-state index is -0.299. The van der Waals surface area contributed by atoms with E-state index < -0.39 is 0 Å². The smallest absolute Gasteiger partial charge is 0.259 e. The second-order valence-corrected chi connectivity index (χ2v) is 6.16. The Kier molecular flexibility index (Phi) is 5.94. The van der Waals surface area contributed by atoms with Crippen LogP contribution in [0, 0.1) is 0 Å². The zero-order chi connectivity index (χ0) is 19.1. The number of unbranched alkanes of at least 4 members (excludes halogenated alkanes) is 1. The molecule has 3 rings (SSSR count). The molecule has 0 radical (unpaired) electrons. The summed E-state index contributed by atoms with van der Waals surface area (Å²) in [6, 6.07) is 13.3. The van der Waals surface area contributed by atoms with E-state index in [9.17, 15) is 4.79 Å². The molecule has 0 saturated carbocycles. The molecular formula is C22H22N4O. The van der Waals surface area contributed by atoms with E-state index in [1.807, 2.05) is 12.1 Å². The first-order chi connectivity index (χ1) is 13.2. The van der Waals surface area contributed by atoms with Crippen molar-refractivity contribution in [1.29, 1.82) is 0 Å². The third-order valence-electron chi connectivity index (χ3n) is 4.11. The highest BCUT2D eigenvalue weighted by molar-refractivity contribution is 6.07. The van der Waals surface area contributed by atoms with Gasteiger partial charge in [-0.25, -0.2) is 4.98 Å². The lowest BCUT2D eigenvalue weighted by atomic mass is 10.0. The van der Waals surface area contributed by atoms with Crippen LogP contribution in [0.15, 0.2) is 67.1 Å². The predicted molar refractivity (Wildman–Crippen MR) is 110 cm³/mol. The molecule has 2 aromatic heterocycles. The highest BCUT2D eigenvalue weighted by atomic mass is 16.1. The normalized spacial score (nSPS) is 10.9. The standard InChI is InChI=1S/C22H22N4O/c1-2-3-4-5-16-6-8-17(9-7-16)18-14-20(21(23)25-15-18)22(27)26-19-10-12-24-13-11-19/h4-15H,2-3H2,1H3,(H2,23,25)(H,24,26,27)/b5-4+. The van der Waals surface area contributed by atoms with Crippen molar-refractivity contribution in [3.05, 3.63) is 78.3 Å². The van der Waals surface area contributed by atoms with Crippen molar-refractivity contribution in [3.8, 4) is 11.1 Å². The summed E-state index contributed by atoms with van der Waals surface area (Å²) in [5.41, 5.74) is 9.89. The summed E-state index contributed by atoms with van der Waals surface area (Å²) in [5, 5.41) is 2.81. The molecule has 5 nitrogen and oxygen atoms in total. The lowest BCUT2D eigenvalue weighted by molar-refractivity contribution is 0.102. The number of nitrogen functional groups attached to an aromatic ring is 1. The van der Waals surface area contributed by atoms with E-state index in [1.54, 1.807) is 36.8 Å². The number of allylic oxidation sites excluding steroid dienone is 1. The average Bonchev–Trinajstić information content (AvgIpc) is 2.70. The van der Waals surface area contributed by atoms with E-state index in [4.69, 9.17) is 5.73 Å². The molecule has 0 aliphatic heterocycles. The second kappa shape index (κ2) is 8.76. The van der Waals surface area contributed by atoms with Gasteiger partial charge in [0.05, 0.1) is 5.56 Å². The van der Waals surface area contributed by atoms with Crippen molar-refractivity contribution < 1.29 is 4.79 Å². The molecule has 0 spiro atoms. The topological polar surface area (TPSA) is 80.9 Å². The summed E-state index contributed by atoms with van der Waals surface area (Å²) >= 11 is 0. The maximum absolute atomic E-state index is 12.6. The number of benzene rings is 1. The molecule has 136 valence electrons. The fraction of sp³-hybridized carbons (Fsp3) is 0.136. The molecule has 27 heavy (non-hydrogen) atoms. The molecule has 3 N–H and O–H groups in total. The minimum absolute atomic E-state index is 0.199. The van der Waals surface area contributed by atoms with E-state index in [1.165, 1.54) is 0 Å². The SMILES string of the molecule is CCC/C=C/c1ccc(-c2cnc(N)c(C(=O)Nc3ccncc3)c2)cc1. The fourth-order valence-electron chi connectivity index (χ4n) is 2.62. The van der Waals surface area contributed by atoms with Crippen LogP contribution in [0.2, 0.25) is 0 Å². The van der Waals surface area contributed by atoms with Gasteiger partial charge in [-0.2, -0.15) is 0 Å². The summed E-state index contributed by atoms with van der Waals surface area (Å²) < 4.78 is 0. The van der Waals surface area contributed by atoms with Gasteiger partial charge in [-0.3, -0.25) is 9.78 Å². The maximum atomic E-state index is 12.6. The van der Waals surface area contributed by atoms with Gasteiger partial charge in [0.1, 0.15) is 5.82 Å². The maximum Gasteiger partial charge on any atom is 0.259 e. The van der Waals surface area contributed by atoms with Gasteiger partial charge >= 0.3 is 0 Å². The van der Waals surface area contributed by atoms with Gasteiger partial charge in [0.25, 0.3) is 5.91 Å². The van der Waals surface area contributed by atoms with Crippen molar-refractivity contribution in [3.63, 3.8) is 0 Å². The lowest BCUT2D eigenvalue weighted by Gasteiger charge is -2.09. The Morgan fingerprint density at radius 2 is 1.85 bits per heavy atom. The lowest BCUT2D eigenvalue weighted by Crippen LogP contribution is -2.15. The second-order valence-electron chi connectivity index (χ2n) is 6.16. The summed E-state index contributed by atoms with van der Waals surface area (Å²) in [4.78, 5) is 20.7. The Morgan fingerprint density at radius 3 is 2.56 bits per heavy atom. The summed E-state index contributed by atoms with van der Waals surface area (Å²) in [5.74, 6) is -0.100. The van der Waals surface area contributed by atoms with Gasteiger partial charge in [0.2, 0.25) is 0 Å². The van der Waals surface area contributed by atoms with Crippen molar-refractivity contribution >= 4 is 23.5 Å². The molecule has 0 atom stereocenters. The number of hydrogen-bond acceptors (Lipinski definition) is 4. The van der Waals surface area contributed by atoms with Crippen LogP contribution in [0.5, 0.6) is 0 Å². The van der Waals surface area contributed by atoms with E-state index in [2.05, 4.69) is 46.5 Å². The van der Waals surface area contributed by atoms with Crippen LogP contribution in [0.3, 0.4) is 0 Å². The zero-order valence-electron chi connectivity index (χ0n) is 15.2. The van der Waals surface area contributed by atoms with E-state index in [0.29, 0.717) is 11.3 Å². The minimum Gasteiger partial charge on any atom is -0.383 e. The first-order valence-electron chi connectivity index (χ1n) is 8.91. The monoisotopic (exact) mass is 358 g/mol. The molecule has 0 aliphatic rings. The van der Waals surface area contributed by atoms with Crippen molar-refractivity contribution in [2.45, 2.75) is 19.8 Å². The van der Waals surface area contributed by atoms with Crippen LogP contribution < -0.4 is 11.1 Å².